The van der Waals surface area contributed by atoms with Crippen LogP contribution in [0.5, 0.6) is 5.75 Å². The molecule has 9 heteroatoms. The van der Waals surface area contributed by atoms with Gasteiger partial charge in [0.25, 0.3) is 0 Å². The zero-order chi connectivity index (χ0) is 21.4. The van der Waals surface area contributed by atoms with Crippen LogP contribution in [0.3, 0.4) is 0 Å². The van der Waals surface area contributed by atoms with Crippen molar-refractivity contribution in [2.24, 2.45) is 0 Å². The molecular weight excluding hydrogens is 400 g/mol. The molecule has 2 amide bonds. The van der Waals surface area contributed by atoms with Gasteiger partial charge in [-0.3, -0.25) is 4.79 Å². The highest BCUT2D eigenvalue weighted by molar-refractivity contribution is 6.34. The van der Waals surface area contributed by atoms with Crippen molar-refractivity contribution in [2.45, 2.75) is 57.3 Å². The van der Waals surface area contributed by atoms with E-state index in [1.54, 1.807) is 32.9 Å². The Morgan fingerprint density at radius 2 is 2.10 bits per heavy atom. The van der Waals surface area contributed by atoms with Crippen molar-refractivity contribution in [2.75, 3.05) is 25.0 Å². The number of carbonyl (C=O) groups is 2. The normalized spacial score (nSPS) is 24.6. The van der Waals surface area contributed by atoms with Gasteiger partial charge >= 0.3 is 6.09 Å². The van der Waals surface area contributed by atoms with Gasteiger partial charge in [0.15, 0.2) is 0 Å². The molecule has 1 aromatic rings. The van der Waals surface area contributed by atoms with Crippen LogP contribution in [0.15, 0.2) is 12.1 Å². The lowest BCUT2D eigenvalue weighted by Gasteiger charge is -2.42. The number of likely N-dealkylation sites (tertiary alicyclic amines) is 1. The Morgan fingerprint density at radius 1 is 1.38 bits per heavy atom. The molecule has 1 saturated heterocycles. The van der Waals surface area contributed by atoms with E-state index in [0.29, 0.717) is 29.3 Å². The lowest BCUT2D eigenvalue weighted by molar-refractivity contribution is -0.135. The van der Waals surface area contributed by atoms with Crippen molar-refractivity contribution >= 4 is 29.3 Å². The molecule has 0 aliphatic carbocycles. The van der Waals surface area contributed by atoms with Gasteiger partial charge in [0.1, 0.15) is 29.7 Å². The van der Waals surface area contributed by atoms with Gasteiger partial charge < -0.3 is 29.9 Å². The van der Waals surface area contributed by atoms with Crippen molar-refractivity contribution in [1.29, 1.82) is 0 Å². The first-order chi connectivity index (χ1) is 13.5. The Hall–Kier alpha value is -2.03. The summed E-state index contributed by atoms with van der Waals surface area (Å²) in [5.41, 5.74) is -0.862. The first-order valence-electron chi connectivity index (χ1n) is 9.61. The summed E-state index contributed by atoms with van der Waals surface area (Å²) in [6.07, 6.45) is -0.778. The summed E-state index contributed by atoms with van der Waals surface area (Å²) in [6.45, 7) is 5.34. The third-order valence-electron chi connectivity index (χ3n) is 5.04. The monoisotopic (exact) mass is 426 g/mol. The van der Waals surface area contributed by atoms with Crippen molar-refractivity contribution in [1.82, 2.24) is 4.90 Å². The number of amides is 2. The van der Waals surface area contributed by atoms with E-state index in [9.17, 15) is 19.8 Å². The molecule has 2 heterocycles. The maximum Gasteiger partial charge on any atom is 0.410 e. The molecule has 8 nitrogen and oxygen atoms in total. The number of fused-ring (bicyclic) bond motifs is 1. The highest BCUT2D eigenvalue weighted by Gasteiger charge is 2.43. The van der Waals surface area contributed by atoms with Crippen LogP contribution in [-0.4, -0.2) is 64.1 Å². The van der Waals surface area contributed by atoms with Gasteiger partial charge in [-0.2, -0.15) is 0 Å². The van der Waals surface area contributed by atoms with Crippen molar-refractivity contribution in [3.63, 3.8) is 0 Å². The number of rotatable bonds is 3. The molecule has 1 fully saturated rings. The number of anilines is 1. The van der Waals surface area contributed by atoms with Crippen molar-refractivity contribution in [3.05, 3.63) is 22.7 Å². The van der Waals surface area contributed by atoms with Gasteiger partial charge in [0, 0.05) is 18.5 Å². The summed E-state index contributed by atoms with van der Waals surface area (Å²) in [6, 6.07) is 3.30. The number of carbonyl (C=O) groups excluding carboxylic acids is 2. The topological polar surface area (TPSA) is 108 Å². The molecule has 3 rings (SSSR count). The number of piperidine rings is 1. The van der Waals surface area contributed by atoms with Crippen molar-refractivity contribution in [3.8, 4) is 5.75 Å². The third kappa shape index (κ3) is 4.94. The smallest absolute Gasteiger partial charge is 0.410 e. The molecule has 0 saturated carbocycles. The van der Waals surface area contributed by atoms with E-state index >= 15 is 0 Å². The molecule has 29 heavy (non-hydrogen) atoms. The Balaban J connectivity index is 1.65. The molecule has 160 valence electrons. The molecule has 2 aliphatic rings. The predicted molar refractivity (Wildman–Crippen MR) is 107 cm³/mol. The third-order valence-corrected chi connectivity index (χ3v) is 5.36. The number of nitrogens with one attached hydrogen (secondary N) is 1. The van der Waals surface area contributed by atoms with Gasteiger partial charge in [0.05, 0.1) is 17.3 Å². The summed E-state index contributed by atoms with van der Waals surface area (Å²) < 4.78 is 11.2. The van der Waals surface area contributed by atoms with Gasteiger partial charge in [-0.1, -0.05) is 11.6 Å². The van der Waals surface area contributed by atoms with Crippen LogP contribution in [-0.2, 0) is 16.0 Å². The number of aliphatic hydroxyl groups excluding tert-OH is 1. The summed E-state index contributed by atoms with van der Waals surface area (Å²) in [4.78, 5) is 25.2. The van der Waals surface area contributed by atoms with E-state index in [4.69, 9.17) is 21.1 Å². The number of halogens is 1. The highest BCUT2D eigenvalue weighted by Crippen LogP contribution is 2.37. The van der Waals surface area contributed by atoms with E-state index in [0.717, 1.165) is 5.56 Å². The summed E-state index contributed by atoms with van der Waals surface area (Å²) in [5.74, 6) is 0.389. The molecule has 1 aromatic carbocycles. The van der Waals surface area contributed by atoms with Crippen LogP contribution in [0.4, 0.5) is 10.5 Å². The second kappa shape index (κ2) is 8.01. The fraction of sp³-hybridized carbons (Fsp3) is 0.600. The summed E-state index contributed by atoms with van der Waals surface area (Å²) in [5, 5.41) is 24.5. The first kappa shape index (κ1) is 21.7. The number of aliphatic hydroxyl groups is 2. The molecule has 2 aliphatic heterocycles. The minimum atomic E-state index is -1.51. The van der Waals surface area contributed by atoms with Crippen LogP contribution in [0.1, 0.15) is 39.2 Å². The molecule has 3 N–H and O–H groups in total. The Labute approximate surface area is 174 Å². The predicted octanol–water partition coefficient (Wildman–Crippen LogP) is 2.34. The second-order valence-corrected chi connectivity index (χ2v) is 8.94. The first-order valence-corrected chi connectivity index (χ1v) is 9.99. The average Bonchev–Trinajstić information content (AvgIpc) is 2.62. The number of benzene rings is 1. The standard InChI is InChI=1S/C20H27ClN2O6/c1-19(2,3)29-18(26)23-9-8-20(27,15(24)10-23)11-28-14-6-5-13(21)17-12(14)4-7-16(25)22-17/h5-6,15,24,27H,4,7-11H2,1-3H3,(H,22,25)/t15-,20-/m0/s1. The molecule has 0 radical (unpaired) electrons. The van der Waals surface area contributed by atoms with E-state index in [-0.39, 0.29) is 32.0 Å². The molecule has 2 atom stereocenters. The van der Waals surface area contributed by atoms with Gasteiger partial charge in [-0.15, -0.1) is 0 Å². The quantitative estimate of drug-likeness (QED) is 0.684. The Kier molecular flexibility index (Phi) is 5.98. The van der Waals surface area contributed by atoms with Gasteiger partial charge in [0.2, 0.25) is 5.91 Å². The summed E-state index contributed by atoms with van der Waals surface area (Å²) in [7, 11) is 0. The molecule has 0 bridgehead atoms. The zero-order valence-corrected chi connectivity index (χ0v) is 17.6. The lowest BCUT2D eigenvalue weighted by atomic mass is 9.89. The molecule has 0 unspecified atom stereocenters. The van der Waals surface area contributed by atoms with Crippen molar-refractivity contribution < 1.29 is 29.3 Å². The maximum absolute atomic E-state index is 12.2. The Morgan fingerprint density at radius 3 is 2.76 bits per heavy atom. The number of hydrogen-bond acceptors (Lipinski definition) is 6. The Bertz CT molecular complexity index is 809. The zero-order valence-electron chi connectivity index (χ0n) is 16.8. The van der Waals surface area contributed by atoms with Crippen LogP contribution < -0.4 is 10.1 Å². The molecule has 0 spiro atoms. The van der Waals surface area contributed by atoms with E-state index in [1.165, 1.54) is 4.90 Å². The van der Waals surface area contributed by atoms with Crippen LogP contribution in [0.2, 0.25) is 5.02 Å². The molecule has 0 aromatic heterocycles. The SMILES string of the molecule is CC(C)(C)OC(=O)N1CC[C@](O)(COc2ccc(Cl)c3c2CCC(=O)N3)[C@@H](O)C1. The van der Waals surface area contributed by atoms with E-state index < -0.39 is 23.4 Å². The van der Waals surface area contributed by atoms with E-state index in [1.807, 2.05) is 0 Å². The minimum Gasteiger partial charge on any atom is -0.490 e. The van der Waals surface area contributed by atoms with Crippen LogP contribution in [0, 0.1) is 0 Å². The number of ether oxygens (including phenoxy) is 2. The van der Waals surface area contributed by atoms with E-state index in [2.05, 4.69) is 5.32 Å². The lowest BCUT2D eigenvalue weighted by Crippen LogP contribution is -2.59. The fourth-order valence-electron chi connectivity index (χ4n) is 3.39. The largest absolute Gasteiger partial charge is 0.490 e. The maximum atomic E-state index is 12.2. The minimum absolute atomic E-state index is 0.0520. The average molecular weight is 427 g/mol. The number of β-amino-alcohol motifs (C(OH)–C–C–N with tert-alkyl or cyclic N) is 1. The van der Waals surface area contributed by atoms with Crippen LogP contribution in [0.25, 0.3) is 0 Å². The fourth-order valence-corrected chi connectivity index (χ4v) is 3.61. The van der Waals surface area contributed by atoms with Gasteiger partial charge in [-0.25, -0.2) is 4.79 Å². The van der Waals surface area contributed by atoms with Gasteiger partial charge in [-0.05, 0) is 45.7 Å². The molecular formula is C20H27ClN2O6. The summed E-state index contributed by atoms with van der Waals surface area (Å²) >= 11 is 6.16. The second-order valence-electron chi connectivity index (χ2n) is 8.53. The number of hydrogen-bond donors (Lipinski definition) is 3. The number of nitrogens with zero attached hydrogens (tertiary/aromatic N) is 1. The highest BCUT2D eigenvalue weighted by atomic mass is 35.5. The van der Waals surface area contributed by atoms with Crippen LogP contribution >= 0.6 is 11.6 Å².